The summed E-state index contributed by atoms with van der Waals surface area (Å²) in [6.45, 7) is 0. The summed E-state index contributed by atoms with van der Waals surface area (Å²) in [6, 6.07) is 6.81. The molecule has 0 aromatic carbocycles. The number of pyridine rings is 1. The quantitative estimate of drug-likeness (QED) is 0.710. The summed E-state index contributed by atoms with van der Waals surface area (Å²) < 4.78 is 5.12. The average Bonchev–Trinajstić information content (AvgIpc) is 3.17. The number of H-pyrrole nitrogens is 1. The fourth-order valence-electron chi connectivity index (χ4n) is 1.76. The van der Waals surface area contributed by atoms with Crippen molar-refractivity contribution in [2.45, 2.75) is 0 Å². The number of carboxylic acids is 1. The molecule has 0 saturated heterocycles. The summed E-state index contributed by atoms with van der Waals surface area (Å²) in [5, 5.41) is 15.9. The minimum Gasteiger partial charge on any atom is -0.478 e. The van der Waals surface area contributed by atoms with Crippen LogP contribution in [0.5, 0.6) is 0 Å². The number of aromatic amines is 1. The molecule has 0 aliphatic rings. The number of aliphatic carboxylic acids is 1. The first kappa shape index (κ1) is 12.8. The minimum absolute atomic E-state index is 0.0299. The largest absolute Gasteiger partial charge is 0.478 e. The van der Waals surface area contributed by atoms with Crippen LogP contribution in [0.4, 0.5) is 0 Å². The Morgan fingerprint density at radius 2 is 2.10 bits per heavy atom. The van der Waals surface area contributed by atoms with Gasteiger partial charge in [0, 0.05) is 18.0 Å². The molecule has 3 rings (SSSR count). The van der Waals surface area contributed by atoms with E-state index in [2.05, 4.69) is 20.2 Å². The Kier molecular flexibility index (Phi) is 3.30. The van der Waals surface area contributed by atoms with Crippen LogP contribution in [-0.4, -0.2) is 31.2 Å². The van der Waals surface area contributed by atoms with Gasteiger partial charge in [0.2, 0.25) is 0 Å². The van der Waals surface area contributed by atoms with Gasteiger partial charge in [-0.15, -0.1) is 0 Å². The van der Waals surface area contributed by atoms with Crippen molar-refractivity contribution in [1.82, 2.24) is 20.2 Å². The number of furan rings is 1. The first-order valence-electron chi connectivity index (χ1n) is 6.06. The topological polar surface area (TPSA) is 105 Å². The molecule has 3 heterocycles. The van der Waals surface area contributed by atoms with Crippen LogP contribution in [0.3, 0.4) is 0 Å². The molecule has 0 aliphatic heterocycles. The maximum Gasteiger partial charge on any atom is 0.339 e. The summed E-state index contributed by atoms with van der Waals surface area (Å²) in [7, 11) is 0. The molecular formula is C14H10N4O3. The van der Waals surface area contributed by atoms with Gasteiger partial charge in [0.15, 0.2) is 11.6 Å². The lowest BCUT2D eigenvalue weighted by Gasteiger charge is -1.96. The third-order valence-electron chi connectivity index (χ3n) is 2.74. The van der Waals surface area contributed by atoms with Gasteiger partial charge < -0.3 is 9.52 Å². The van der Waals surface area contributed by atoms with E-state index in [-0.39, 0.29) is 11.4 Å². The summed E-state index contributed by atoms with van der Waals surface area (Å²) in [4.78, 5) is 19.5. The fourth-order valence-corrected chi connectivity index (χ4v) is 1.76. The highest BCUT2D eigenvalue weighted by Crippen LogP contribution is 2.19. The second-order valence-electron chi connectivity index (χ2n) is 4.12. The van der Waals surface area contributed by atoms with Crippen molar-refractivity contribution < 1.29 is 14.3 Å². The van der Waals surface area contributed by atoms with Crippen molar-refractivity contribution in [3.8, 4) is 11.4 Å². The summed E-state index contributed by atoms with van der Waals surface area (Å²) in [5.41, 5.74) is 0.716. The first-order valence-corrected chi connectivity index (χ1v) is 6.06. The van der Waals surface area contributed by atoms with Crippen LogP contribution in [0.15, 0.2) is 47.3 Å². The highest BCUT2D eigenvalue weighted by molar-refractivity contribution is 6.19. The molecule has 0 radical (unpaired) electrons. The van der Waals surface area contributed by atoms with E-state index < -0.39 is 5.97 Å². The lowest BCUT2D eigenvalue weighted by atomic mass is 10.2. The molecule has 7 nitrogen and oxygen atoms in total. The van der Waals surface area contributed by atoms with Gasteiger partial charge in [-0.3, -0.25) is 10.1 Å². The van der Waals surface area contributed by atoms with Gasteiger partial charge >= 0.3 is 5.97 Å². The maximum absolute atomic E-state index is 11.4. The van der Waals surface area contributed by atoms with E-state index in [1.54, 1.807) is 36.7 Å². The number of aromatic nitrogens is 4. The predicted octanol–water partition coefficient (Wildman–Crippen LogP) is 2.08. The zero-order valence-electron chi connectivity index (χ0n) is 10.7. The third kappa shape index (κ3) is 2.71. The van der Waals surface area contributed by atoms with Crippen LogP contribution in [0.2, 0.25) is 0 Å². The Morgan fingerprint density at radius 3 is 2.76 bits per heavy atom. The van der Waals surface area contributed by atoms with Crippen molar-refractivity contribution in [2.75, 3.05) is 0 Å². The normalized spacial score (nSPS) is 11.5. The van der Waals surface area contributed by atoms with E-state index in [0.717, 1.165) is 5.56 Å². The number of hydrogen-bond acceptors (Lipinski definition) is 5. The fraction of sp³-hybridized carbons (Fsp3) is 0. The molecule has 0 atom stereocenters. The summed E-state index contributed by atoms with van der Waals surface area (Å²) >= 11 is 0. The number of hydrogen-bond donors (Lipinski definition) is 2. The van der Waals surface area contributed by atoms with E-state index in [9.17, 15) is 9.90 Å². The van der Waals surface area contributed by atoms with Gasteiger partial charge in [0.05, 0.1) is 6.26 Å². The lowest BCUT2D eigenvalue weighted by molar-refractivity contribution is -0.130. The Morgan fingerprint density at radius 1 is 1.29 bits per heavy atom. The monoisotopic (exact) mass is 282 g/mol. The highest BCUT2D eigenvalue weighted by atomic mass is 16.4. The van der Waals surface area contributed by atoms with Crippen LogP contribution >= 0.6 is 0 Å². The van der Waals surface area contributed by atoms with E-state index in [4.69, 9.17) is 4.42 Å². The van der Waals surface area contributed by atoms with Gasteiger partial charge in [0.1, 0.15) is 11.3 Å². The second-order valence-corrected chi connectivity index (χ2v) is 4.12. The van der Waals surface area contributed by atoms with Crippen molar-refractivity contribution >= 4 is 17.6 Å². The van der Waals surface area contributed by atoms with Crippen LogP contribution in [0, 0.1) is 0 Å². The number of carboxylic acid groups (broad SMARTS) is 1. The Balaban J connectivity index is 1.99. The molecule has 7 heteroatoms. The van der Waals surface area contributed by atoms with Gasteiger partial charge in [-0.05, 0) is 30.3 Å². The molecule has 3 aromatic heterocycles. The number of carbonyl (C=O) groups is 1. The van der Waals surface area contributed by atoms with Crippen molar-refractivity contribution in [1.29, 1.82) is 0 Å². The number of nitrogens with zero attached hydrogens (tertiary/aromatic N) is 3. The third-order valence-corrected chi connectivity index (χ3v) is 2.74. The zero-order chi connectivity index (χ0) is 14.7. The minimum atomic E-state index is -1.12. The van der Waals surface area contributed by atoms with Crippen LogP contribution in [0.1, 0.15) is 11.6 Å². The smallest absolute Gasteiger partial charge is 0.339 e. The van der Waals surface area contributed by atoms with Gasteiger partial charge in [-0.25, -0.2) is 9.78 Å². The van der Waals surface area contributed by atoms with Crippen LogP contribution in [0.25, 0.3) is 23.0 Å². The van der Waals surface area contributed by atoms with Crippen molar-refractivity contribution in [2.24, 2.45) is 0 Å². The Bertz CT molecular complexity index is 776. The van der Waals surface area contributed by atoms with E-state index >= 15 is 0 Å². The SMILES string of the molecule is O=C(O)/C(=C/c1ccco1)c1nc(-c2ccncc2)n[nH]1. The molecule has 0 unspecified atom stereocenters. The maximum atomic E-state index is 11.4. The molecule has 0 saturated carbocycles. The van der Waals surface area contributed by atoms with Gasteiger partial charge in [-0.2, -0.15) is 5.10 Å². The van der Waals surface area contributed by atoms with Gasteiger partial charge in [0.25, 0.3) is 0 Å². The lowest BCUT2D eigenvalue weighted by Crippen LogP contribution is -2.01. The molecule has 0 bridgehead atoms. The molecule has 0 aliphatic carbocycles. The van der Waals surface area contributed by atoms with Gasteiger partial charge in [-0.1, -0.05) is 0 Å². The van der Waals surface area contributed by atoms with Crippen LogP contribution in [-0.2, 0) is 4.79 Å². The number of rotatable bonds is 4. The molecular weight excluding hydrogens is 272 g/mol. The van der Waals surface area contributed by atoms with E-state index in [1.165, 1.54) is 12.3 Å². The molecule has 104 valence electrons. The summed E-state index contributed by atoms with van der Waals surface area (Å²) in [6.07, 6.45) is 6.08. The van der Waals surface area contributed by atoms with Crippen molar-refractivity contribution in [3.05, 3.63) is 54.5 Å². The number of nitrogens with one attached hydrogen (secondary N) is 1. The first-order chi connectivity index (χ1) is 10.2. The average molecular weight is 282 g/mol. The summed E-state index contributed by atoms with van der Waals surface area (Å²) in [5.74, 6) is -0.136. The van der Waals surface area contributed by atoms with Crippen molar-refractivity contribution in [3.63, 3.8) is 0 Å². The molecule has 0 amide bonds. The Hall–Kier alpha value is -3.22. The van der Waals surface area contributed by atoms with E-state index in [0.29, 0.717) is 11.6 Å². The van der Waals surface area contributed by atoms with E-state index in [1.807, 2.05) is 0 Å². The molecule has 3 aromatic rings. The molecule has 0 spiro atoms. The Labute approximate surface area is 119 Å². The molecule has 2 N–H and O–H groups in total. The van der Waals surface area contributed by atoms with Crippen LogP contribution < -0.4 is 0 Å². The molecule has 21 heavy (non-hydrogen) atoms. The standard InChI is InChI=1S/C14H10N4O3/c19-14(20)11(8-10-2-1-7-21-10)13-16-12(17-18-13)9-3-5-15-6-4-9/h1-8H,(H,19,20)(H,16,17,18)/b11-8+. The zero-order valence-corrected chi connectivity index (χ0v) is 10.7. The predicted molar refractivity (Wildman–Crippen MR) is 73.8 cm³/mol. The highest BCUT2D eigenvalue weighted by Gasteiger charge is 2.16. The second kappa shape index (κ2) is 5.41. The molecule has 0 fully saturated rings.